The molecule has 2 atom stereocenters. The van der Waals surface area contributed by atoms with Crippen molar-refractivity contribution in [2.45, 2.75) is 43.0 Å². The topological polar surface area (TPSA) is 83.3 Å². The Morgan fingerprint density at radius 2 is 1.70 bits per heavy atom. The molecule has 4 aromatic carbocycles. The molecule has 0 aliphatic carbocycles. The molecule has 0 aromatic heterocycles. The average molecular weight is 638 g/mol. The Balaban J connectivity index is 1.18. The van der Waals surface area contributed by atoms with Gasteiger partial charge in [-0.25, -0.2) is 0 Å². The summed E-state index contributed by atoms with van der Waals surface area (Å²) in [5.74, 6) is 1.10. The first-order valence-electron chi connectivity index (χ1n) is 14.9. The Morgan fingerprint density at radius 1 is 0.886 bits per heavy atom. The van der Waals surface area contributed by atoms with Crippen LogP contribution in [0.25, 0.3) is 10.8 Å². The third-order valence-electron chi connectivity index (χ3n) is 7.73. The van der Waals surface area contributed by atoms with E-state index in [2.05, 4.69) is 24.3 Å². The SMILES string of the molecule is NC(=O)COc1cccc2ccc(COC3CN(C(Cl)Cl)CCC3c3ccc(OCCCOCc4ccccc4)cc3)cc12. The maximum absolute atomic E-state index is 11.3. The highest BCUT2D eigenvalue weighted by atomic mass is 35.5. The summed E-state index contributed by atoms with van der Waals surface area (Å²) in [6.45, 7) is 3.46. The minimum atomic E-state index is -0.597. The van der Waals surface area contributed by atoms with Crippen LogP contribution in [0.4, 0.5) is 0 Å². The monoisotopic (exact) mass is 636 g/mol. The van der Waals surface area contributed by atoms with Gasteiger partial charge in [-0.1, -0.05) is 89.9 Å². The molecule has 0 radical (unpaired) electrons. The lowest BCUT2D eigenvalue weighted by molar-refractivity contribution is -0.119. The van der Waals surface area contributed by atoms with Gasteiger partial charge in [0.2, 0.25) is 0 Å². The van der Waals surface area contributed by atoms with Crippen LogP contribution >= 0.6 is 23.2 Å². The molecule has 232 valence electrons. The summed E-state index contributed by atoms with van der Waals surface area (Å²) in [5, 5.41) is 1.91. The number of primary amides is 1. The van der Waals surface area contributed by atoms with Gasteiger partial charge in [0.15, 0.2) is 11.6 Å². The number of piperidine rings is 1. The molecule has 0 bridgehead atoms. The second-order valence-corrected chi connectivity index (χ2v) is 11.9. The molecule has 1 aliphatic rings. The predicted molar refractivity (Wildman–Crippen MR) is 174 cm³/mol. The smallest absolute Gasteiger partial charge is 0.255 e. The number of carbonyl (C=O) groups excluding carboxylic acids is 1. The zero-order valence-corrected chi connectivity index (χ0v) is 26.1. The normalized spacial score (nSPS) is 17.2. The highest BCUT2D eigenvalue weighted by molar-refractivity contribution is 6.43. The van der Waals surface area contributed by atoms with Gasteiger partial charge in [0, 0.05) is 30.8 Å². The summed E-state index contributed by atoms with van der Waals surface area (Å²) >= 11 is 12.5. The number of carbonyl (C=O) groups is 1. The van der Waals surface area contributed by atoms with Crippen LogP contribution in [0.1, 0.15) is 35.4 Å². The summed E-state index contributed by atoms with van der Waals surface area (Å²) < 4.78 is 23.9. The second-order valence-electron chi connectivity index (χ2n) is 10.9. The number of benzene rings is 4. The molecule has 9 heteroatoms. The van der Waals surface area contributed by atoms with E-state index >= 15 is 0 Å². The van der Waals surface area contributed by atoms with Gasteiger partial charge in [-0.05, 0) is 52.8 Å². The van der Waals surface area contributed by atoms with Crippen LogP contribution in [-0.2, 0) is 27.5 Å². The van der Waals surface area contributed by atoms with Crippen LogP contribution in [-0.4, -0.2) is 54.8 Å². The number of rotatable bonds is 15. The molecule has 1 amide bonds. The van der Waals surface area contributed by atoms with Crippen molar-refractivity contribution in [1.82, 2.24) is 4.90 Å². The van der Waals surface area contributed by atoms with Gasteiger partial charge < -0.3 is 24.7 Å². The van der Waals surface area contributed by atoms with Gasteiger partial charge in [-0.3, -0.25) is 9.69 Å². The first kappa shape index (κ1) is 32.1. The minimum absolute atomic E-state index is 0.116. The lowest BCUT2D eigenvalue weighted by Crippen LogP contribution is -2.45. The van der Waals surface area contributed by atoms with Crippen LogP contribution in [0, 0.1) is 0 Å². The number of nitrogens with two attached hydrogens (primary N) is 1. The lowest BCUT2D eigenvalue weighted by Gasteiger charge is -2.39. The third kappa shape index (κ3) is 9.10. The van der Waals surface area contributed by atoms with E-state index in [1.807, 2.05) is 71.6 Å². The molecular weight excluding hydrogens is 599 g/mol. The van der Waals surface area contributed by atoms with E-state index in [9.17, 15) is 4.79 Å². The zero-order valence-electron chi connectivity index (χ0n) is 24.6. The fourth-order valence-electron chi connectivity index (χ4n) is 5.45. The highest BCUT2D eigenvalue weighted by Crippen LogP contribution is 2.34. The number of nitrogens with zero attached hydrogens (tertiary/aromatic N) is 1. The average Bonchev–Trinajstić information content (AvgIpc) is 3.05. The number of alkyl halides is 2. The number of amides is 1. The van der Waals surface area contributed by atoms with Crippen molar-refractivity contribution < 1.29 is 23.7 Å². The van der Waals surface area contributed by atoms with E-state index in [-0.39, 0.29) is 18.6 Å². The molecule has 1 aliphatic heterocycles. The van der Waals surface area contributed by atoms with Crippen molar-refractivity contribution in [2.24, 2.45) is 5.73 Å². The number of hydrogen-bond acceptors (Lipinski definition) is 6. The van der Waals surface area contributed by atoms with E-state index in [1.54, 1.807) is 0 Å². The highest BCUT2D eigenvalue weighted by Gasteiger charge is 2.33. The number of hydrogen-bond donors (Lipinski definition) is 1. The van der Waals surface area contributed by atoms with Gasteiger partial charge in [0.25, 0.3) is 5.91 Å². The summed E-state index contributed by atoms with van der Waals surface area (Å²) in [4.78, 5) is 12.7. The van der Waals surface area contributed by atoms with Crippen molar-refractivity contribution in [3.63, 3.8) is 0 Å². The fraction of sp³-hybridized carbons (Fsp3) is 0.343. The molecule has 2 unspecified atom stereocenters. The number of likely N-dealkylation sites (tertiary alicyclic amines) is 1. The van der Waals surface area contributed by atoms with Crippen molar-refractivity contribution in [3.8, 4) is 11.5 Å². The van der Waals surface area contributed by atoms with Crippen LogP contribution in [0.3, 0.4) is 0 Å². The molecule has 1 fully saturated rings. The molecule has 0 saturated carbocycles. The Labute approximate surface area is 268 Å². The number of halogens is 2. The Hall–Kier alpha value is -3.33. The molecule has 5 rings (SSSR count). The van der Waals surface area contributed by atoms with E-state index in [0.717, 1.165) is 41.5 Å². The quantitative estimate of drug-likeness (QED) is 0.0875. The van der Waals surface area contributed by atoms with Crippen molar-refractivity contribution in [3.05, 3.63) is 108 Å². The molecule has 0 spiro atoms. The van der Waals surface area contributed by atoms with E-state index < -0.39 is 10.9 Å². The molecule has 2 N–H and O–H groups in total. The standard InChI is InChI=1S/C35H38Cl2N2O5/c36-35(37)39-17-16-30(28-12-14-29(15-13-28)42-19-5-18-41-22-25-6-2-1-3-7-25)33(21-39)43-23-26-10-11-27-8-4-9-32(31(27)20-26)44-24-34(38)40/h1-4,6-15,20,30,33,35H,5,16-19,21-24H2,(H2,38,40). The Bertz CT molecular complexity index is 1490. The molecule has 4 aromatic rings. The lowest BCUT2D eigenvalue weighted by atomic mass is 9.87. The van der Waals surface area contributed by atoms with Crippen molar-refractivity contribution >= 4 is 39.9 Å². The summed E-state index contributed by atoms with van der Waals surface area (Å²) in [6, 6.07) is 30.3. The summed E-state index contributed by atoms with van der Waals surface area (Å²) in [6.07, 6.45) is 1.56. The van der Waals surface area contributed by atoms with E-state index in [4.69, 9.17) is 47.9 Å². The molecule has 1 heterocycles. The zero-order chi connectivity index (χ0) is 30.7. The van der Waals surface area contributed by atoms with Gasteiger partial charge in [0.05, 0.1) is 32.5 Å². The van der Waals surface area contributed by atoms with Gasteiger partial charge in [-0.15, -0.1) is 0 Å². The Morgan fingerprint density at radius 3 is 2.48 bits per heavy atom. The third-order valence-corrected chi connectivity index (χ3v) is 8.28. The van der Waals surface area contributed by atoms with Gasteiger partial charge in [0.1, 0.15) is 11.5 Å². The van der Waals surface area contributed by atoms with Gasteiger partial charge >= 0.3 is 0 Å². The van der Waals surface area contributed by atoms with Crippen LogP contribution in [0.5, 0.6) is 11.5 Å². The Kier molecular flexibility index (Phi) is 11.7. The molecular formula is C35H38Cl2N2O5. The van der Waals surface area contributed by atoms with Crippen molar-refractivity contribution in [1.29, 1.82) is 0 Å². The molecule has 1 saturated heterocycles. The molecule has 44 heavy (non-hydrogen) atoms. The first-order valence-corrected chi connectivity index (χ1v) is 15.7. The summed E-state index contributed by atoms with van der Waals surface area (Å²) in [7, 11) is 0. The summed E-state index contributed by atoms with van der Waals surface area (Å²) in [5.41, 5.74) is 8.63. The maximum Gasteiger partial charge on any atom is 0.255 e. The maximum atomic E-state index is 11.3. The predicted octanol–water partition coefficient (Wildman–Crippen LogP) is 6.83. The fourth-order valence-corrected chi connectivity index (χ4v) is 5.81. The van der Waals surface area contributed by atoms with E-state index in [0.29, 0.717) is 38.7 Å². The van der Waals surface area contributed by atoms with E-state index in [1.165, 1.54) is 11.1 Å². The number of fused-ring (bicyclic) bond motifs is 1. The first-order chi connectivity index (χ1) is 21.5. The number of ether oxygens (including phenoxy) is 4. The minimum Gasteiger partial charge on any atom is -0.494 e. The van der Waals surface area contributed by atoms with Crippen LogP contribution in [0.2, 0.25) is 0 Å². The van der Waals surface area contributed by atoms with Crippen LogP contribution < -0.4 is 15.2 Å². The molecule has 7 nitrogen and oxygen atoms in total. The second kappa shape index (κ2) is 16.1. The van der Waals surface area contributed by atoms with Crippen LogP contribution in [0.15, 0.2) is 91.0 Å². The van der Waals surface area contributed by atoms with Gasteiger partial charge in [-0.2, -0.15) is 0 Å². The largest absolute Gasteiger partial charge is 0.494 e. The van der Waals surface area contributed by atoms with Crippen molar-refractivity contribution in [2.75, 3.05) is 32.9 Å².